The van der Waals surface area contributed by atoms with Crippen molar-refractivity contribution in [1.82, 2.24) is 0 Å². The van der Waals surface area contributed by atoms with E-state index >= 15 is 0 Å². The smallest absolute Gasteiger partial charge is 0.0988 e. The maximum Gasteiger partial charge on any atom is 0.0988 e. The second kappa shape index (κ2) is 5.69. The molecular formula is C11H23NO2. The zero-order chi connectivity index (χ0) is 10.6. The molecule has 0 saturated heterocycles. The highest BCUT2D eigenvalue weighted by atomic mass is 16.5. The third-order valence-electron chi connectivity index (χ3n) is 2.68. The Morgan fingerprint density at radius 3 is 2.57 bits per heavy atom. The second-order valence-corrected chi connectivity index (χ2v) is 4.41. The van der Waals surface area contributed by atoms with Crippen LogP contribution in [0.15, 0.2) is 0 Å². The topological polar surface area (TPSA) is 44.5 Å². The first kappa shape index (κ1) is 12.0. The van der Waals surface area contributed by atoms with E-state index in [1.807, 2.05) is 6.92 Å². The van der Waals surface area contributed by atoms with Crippen LogP contribution in [0.3, 0.4) is 0 Å². The molecule has 3 heteroatoms. The van der Waals surface area contributed by atoms with Gasteiger partial charge in [-0.2, -0.15) is 0 Å². The standard InChI is InChI=1S/C11H23NO2/c1-4-13-11-9(12)7-10(11)14-6-5-8(2)3/h8-11H,4-7,12H2,1-3H3. The SMILES string of the molecule is CCOC1C(N)CC1OCCC(C)C. The molecule has 0 amide bonds. The van der Waals surface area contributed by atoms with Crippen molar-refractivity contribution in [1.29, 1.82) is 0 Å². The summed E-state index contributed by atoms with van der Waals surface area (Å²) in [5.74, 6) is 0.703. The summed E-state index contributed by atoms with van der Waals surface area (Å²) in [6.07, 6.45) is 2.43. The summed E-state index contributed by atoms with van der Waals surface area (Å²) >= 11 is 0. The zero-order valence-corrected chi connectivity index (χ0v) is 9.53. The molecule has 1 aliphatic rings. The van der Waals surface area contributed by atoms with Crippen molar-refractivity contribution < 1.29 is 9.47 Å². The van der Waals surface area contributed by atoms with Gasteiger partial charge in [0.1, 0.15) is 0 Å². The molecule has 0 aromatic rings. The third-order valence-corrected chi connectivity index (χ3v) is 2.68. The van der Waals surface area contributed by atoms with Crippen molar-refractivity contribution in [2.45, 2.75) is 51.9 Å². The predicted molar refractivity (Wildman–Crippen MR) is 57.2 cm³/mol. The van der Waals surface area contributed by atoms with Gasteiger partial charge in [-0.3, -0.25) is 0 Å². The molecule has 1 rings (SSSR count). The summed E-state index contributed by atoms with van der Waals surface area (Å²) in [6.45, 7) is 7.96. The molecule has 0 aromatic carbocycles. The fraction of sp³-hybridized carbons (Fsp3) is 1.00. The van der Waals surface area contributed by atoms with E-state index in [-0.39, 0.29) is 18.2 Å². The van der Waals surface area contributed by atoms with Gasteiger partial charge in [0.25, 0.3) is 0 Å². The van der Waals surface area contributed by atoms with Crippen LogP contribution in [0.1, 0.15) is 33.6 Å². The van der Waals surface area contributed by atoms with Crippen LogP contribution in [0, 0.1) is 5.92 Å². The monoisotopic (exact) mass is 201 g/mol. The van der Waals surface area contributed by atoms with Gasteiger partial charge in [-0.15, -0.1) is 0 Å². The van der Waals surface area contributed by atoms with E-state index in [4.69, 9.17) is 15.2 Å². The van der Waals surface area contributed by atoms with Gasteiger partial charge >= 0.3 is 0 Å². The van der Waals surface area contributed by atoms with E-state index in [1.165, 1.54) is 0 Å². The van der Waals surface area contributed by atoms with E-state index in [0.717, 1.165) is 26.1 Å². The molecule has 2 N–H and O–H groups in total. The lowest BCUT2D eigenvalue weighted by molar-refractivity contribution is -0.138. The lowest BCUT2D eigenvalue weighted by Crippen LogP contribution is -2.58. The molecule has 1 saturated carbocycles. The molecule has 3 unspecified atom stereocenters. The molecule has 1 fully saturated rings. The van der Waals surface area contributed by atoms with Gasteiger partial charge in [0, 0.05) is 19.3 Å². The average molecular weight is 201 g/mol. The summed E-state index contributed by atoms with van der Waals surface area (Å²) in [5, 5.41) is 0. The second-order valence-electron chi connectivity index (χ2n) is 4.41. The van der Waals surface area contributed by atoms with E-state index in [2.05, 4.69) is 13.8 Å². The van der Waals surface area contributed by atoms with Crippen molar-refractivity contribution in [3.8, 4) is 0 Å². The van der Waals surface area contributed by atoms with E-state index in [0.29, 0.717) is 5.92 Å². The van der Waals surface area contributed by atoms with Crippen molar-refractivity contribution in [3.05, 3.63) is 0 Å². The maximum absolute atomic E-state index is 5.83. The highest BCUT2D eigenvalue weighted by Crippen LogP contribution is 2.25. The van der Waals surface area contributed by atoms with E-state index in [1.54, 1.807) is 0 Å². The van der Waals surface area contributed by atoms with Crippen LogP contribution in [-0.2, 0) is 9.47 Å². The Bertz CT molecular complexity index is 161. The first-order valence-electron chi connectivity index (χ1n) is 5.64. The molecule has 0 heterocycles. The first-order chi connectivity index (χ1) is 6.65. The van der Waals surface area contributed by atoms with Gasteiger partial charge < -0.3 is 15.2 Å². The van der Waals surface area contributed by atoms with Gasteiger partial charge in [-0.25, -0.2) is 0 Å². The van der Waals surface area contributed by atoms with Crippen LogP contribution in [-0.4, -0.2) is 31.5 Å². The van der Waals surface area contributed by atoms with Crippen LogP contribution in [0.25, 0.3) is 0 Å². The van der Waals surface area contributed by atoms with Gasteiger partial charge in [0.2, 0.25) is 0 Å². The van der Waals surface area contributed by atoms with Crippen LogP contribution in [0.2, 0.25) is 0 Å². The molecule has 0 aromatic heterocycles. The largest absolute Gasteiger partial charge is 0.375 e. The quantitative estimate of drug-likeness (QED) is 0.709. The lowest BCUT2D eigenvalue weighted by atomic mass is 9.86. The Hall–Kier alpha value is -0.120. The first-order valence-corrected chi connectivity index (χ1v) is 5.64. The van der Waals surface area contributed by atoms with Crippen molar-refractivity contribution in [2.24, 2.45) is 11.7 Å². The zero-order valence-electron chi connectivity index (χ0n) is 9.53. The summed E-state index contributed by atoms with van der Waals surface area (Å²) in [7, 11) is 0. The van der Waals surface area contributed by atoms with Gasteiger partial charge in [-0.1, -0.05) is 13.8 Å². The average Bonchev–Trinajstić information content (AvgIpc) is 2.12. The Morgan fingerprint density at radius 1 is 1.36 bits per heavy atom. The Balaban J connectivity index is 2.12. The van der Waals surface area contributed by atoms with Crippen LogP contribution < -0.4 is 5.73 Å². The molecule has 14 heavy (non-hydrogen) atoms. The van der Waals surface area contributed by atoms with E-state index < -0.39 is 0 Å². The minimum absolute atomic E-state index is 0.132. The fourth-order valence-corrected chi connectivity index (χ4v) is 1.66. The molecule has 84 valence electrons. The maximum atomic E-state index is 5.83. The summed E-state index contributed by atoms with van der Waals surface area (Å²) in [5.41, 5.74) is 5.83. The van der Waals surface area contributed by atoms with Crippen molar-refractivity contribution in [2.75, 3.05) is 13.2 Å². The Labute approximate surface area is 86.9 Å². The van der Waals surface area contributed by atoms with Crippen molar-refractivity contribution >= 4 is 0 Å². The molecule has 1 aliphatic carbocycles. The predicted octanol–water partition coefficient (Wildman–Crippen LogP) is 1.55. The Morgan fingerprint density at radius 2 is 2.07 bits per heavy atom. The van der Waals surface area contributed by atoms with E-state index in [9.17, 15) is 0 Å². The number of nitrogens with two attached hydrogens (primary N) is 1. The fourth-order valence-electron chi connectivity index (χ4n) is 1.66. The van der Waals surface area contributed by atoms with Crippen molar-refractivity contribution in [3.63, 3.8) is 0 Å². The third kappa shape index (κ3) is 3.23. The van der Waals surface area contributed by atoms with Gasteiger partial charge in [0.15, 0.2) is 0 Å². The normalized spacial score (nSPS) is 31.9. The minimum atomic E-state index is 0.132. The summed E-state index contributed by atoms with van der Waals surface area (Å²) in [6, 6.07) is 0.180. The molecular weight excluding hydrogens is 178 g/mol. The molecule has 0 bridgehead atoms. The lowest BCUT2D eigenvalue weighted by Gasteiger charge is -2.41. The molecule has 3 atom stereocenters. The highest BCUT2D eigenvalue weighted by Gasteiger charge is 2.40. The number of hydrogen-bond donors (Lipinski definition) is 1. The highest BCUT2D eigenvalue weighted by molar-refractivity contribution is 4.95. The van der Waals surface area contributed by atoms with Crippen LogP contribution >= 0.6 is 0 Å². The molecule has 3 nitrogen and oxygen atoms in total. The van der Waals surface area contributed by atoms with Crippen LogP contribution in [0.4, 0.5) is 0 Å². The number of ether oxygens (including phenoxy) is 2. The minimum Gasteiger partial charge on any atom is -0.375 e. The molecule has 0 radical (unpaired) electrons. The Kier molecular flexibility index (Phi) is 4.85. The summed E-state index contributed by atoms with van der Waals surface area (Å²) < 4.78 is 11.2. The number of rotatable bonds is 6. The summed E-state index contributed by atoms with van der Waals surface area (Å²) in [4.78, 5) is 0. The number of hydrogen-bond acceptors (Lipinski definition) is 3. The molecule has 0 aliphatic heterocycles. The van der Waals surface area contributed by atoms with Gasteiger partial charge in [0.05, 0.1) is 12.2 Å². The van der Waals surface area contributed by atoms with Crippen LogP contribution in [0.5, 0.6) is 0 Å². The van der Waals surface area contributed by atoms with Gasteiger partial charge in [-0.05, 0) is 25.7 Å². The molecule has 0 spiro atoms.